The normalized spacial score (nSPS) is 12.6. The molecule has 0 bridgehead atoms. The van der Waals surface area contributed by atoms with Crippen molar-refractivity contribution in [3.8, 4) is 0 Å². The highest BCUT2D eigenvalue weighted by Crippen LogP contribution is 2.22. The Kier molecular flexibility index (Phi) is 9.60. The fraction of sp³-hybridized carbons (Fsp3) is 0.375. The number of carbonyl (C=O) groups excluding carboxylic acids is 3. The van der Waals surface area contributed by atoms with E-state index >= 15 is 0 Å². The lowest BCUT2D eigenvalue weighted by molar-refractivity contribution is -0.155. The second-order valence-corrected chi connectivity index (χ2v) is 9.02. The molecule has 0 aliphatic rings. The smallest absolute Gasteiger partial charge is 0.329 e. The summed E-state index contributed by atoms with van der Waals surface area (Å²) in [6.45, 7) is 7.32. The third-order valence-electron chi connectivity index (χ3n) is 4.91. The molecule has 0 heterocycles. The molecule has 0 spiro atoms. The number of hydrogen-bond donors (Lipinski definition) is 2. The van der Waals surface area contributed by atoms with Crippen molar-refractivity contribution in [2.75, 3.05) is 17.3 Å². The number of hydrogen-bond acceptors (Lipinski definition) is 5. The number of halogens is 1. The van der Waals surface area contributed by atoms with Crippen molar-refractivity contribution in [3.05, 3.63) is 63.7 Å². The average Bonchev–Trinajstić information content (AvgIpc) is 2.73. The summed E-state index contributed by atoms with van der Waals surface area (Å²) in [5.41, 5.74) is 3.93. The van der Waals surface area contributed by atoms with Crippen LogP contribution in [0.15, 0.2) is 36.4 Å². The molecule has 172 valence electrons. The SMILES string of the molecule is CSCCC(NC(=O)c1ccccc1Cl)C(=O)OC(C)C(=O)Nc1c(C)cc(C)cc1C. The Hall–Kier alpha value is -2.51. The van der Waals surface area contributed by atoms with Crippen LogP contribution in [0.5, 0.6) is 0 Å². The number of amides is 2. The van der Waals surface area contributed by atoms with E-state index in [-0.39, 0.29) is 5.56 Å². The second-order valence-electron chi connectivity index (χ2n) is 7.63. The lowest BCUT2D eigenvalue weighted by atomic mass is 10.0. The van der Waals surface area contributed by atoms with E-state index in [1.807, 2.05) is 39.2 Å². The predicted molar refractivity (Wildman–Crippen MR) is 131 cm³/mol. The first-order valence-corrected chi connectivity index (χ1v) is 12.0. The molecule has 0 aliphatic carbocycles. The number of thioether (sulfide) groups is 1. The lowest BCUT2D eigenvalue weighted by Crippen LogP contribution is -2.44. The lowest BCUT2D eigenvalue weighted by Gasteiger charge is -2.21. The molecule has 0 saturated carbocycles. The zero-order valence-corrected chi connectivity index (χ0v) is 20.5. The highest BCUT2D eigenvalue weighted by Gasteiger charge is 2.27. The van der Waals surface area contributed by atoms with Crippen molar-refractivity contribution >= 4 is 46.8 Å². The van der Waals surface area contributed by atoms with Gasteiger partial charge in [0.15, 0.2) is 6.10 Å². The molecule has 8 heteroatoms. The highest BCUT2D eigenvalue weighted by molar-refractivity contribution is 7.98. The molecule has 0 aromatic heterocycles. The molecular formula is C24H29ClN2O4S. The Balaban J connectivity index is 2.07. The van der Waals surface area contributed by atoms with Gasteiger partial charge < -0.3 is 15.4 Å². The van der Waals surface area contributed by atoms with Gasteiger partial charge in [-0.25, -0.2) is 4.79 Å². The van der Waals surface area contributed by atoms with Gasteiger partial charge >= 0.3 is 5.97 Å². The van der Waals surface area contributed by atoms with E-state index in [1.54, 1.807) is 36.0 Å². The van der Waals surface area contributed by atoms with Crippen LogP contribution in [0.3, 0.4) is 0 Å². The van der Waals surface area contributed by atoms with Crippen LogP contribution in [0.4, 0.5) is 5.69 Å². The summed E-state index contributed by atoms with van der Waals surface area (Å²) >= 11 is 7.63. The topological polar surface area (TPSA) is 84.5 Å². The number of ether oxygens (including phenoxy) is 1. The number of anilines is 1. The molecule has 0 aliphatic heterocycles. The van der Waals surface area contributed by atoms with Crippen molar-refractivity contribution in [2.24, 2.45) is 0 Å². The van der Waals surface area contributed by atoms with Crippen LogP contribution in [-0.2, 0) is 14.3 Å². The van der Waals surface area contributed by atoms with Crippen molar-refractivity contribution in [2.45, 2.75) is 46.3 Å². The van der Waals surface area contributed by atoms with Crippen LogP contribution >= 0.6 is 23.4 Å². The van der Waals surface area contributed by atoms with E-state index in [0.29, 0.717) is 22.9 Å². The maximum atomic E-state index is 12.8. The third-order valence-corrected chi connectivity index (χ3v) is 5.88. The van der Waals surface area contributed by atoms with Crippen LogP contribution in [0.1, 0.15) is 40.4 Å². The van der Waals surface area contributed by atoms with Crippen molar-refractivity contribution in [3.63, 3.8) is 0 Å². The molecule has 0 radical (unpaired) electrons. The Labute approximate surface area is 198 Å². The molecule has 2 rings (SSSR count). The van der Waals surface area contributed by atoms with Gasteiger partial charge in [-0.15, -0.1) is 0 Å². The Bertz CT molecular complexity index is 973. The molecule has 2 aromatic rings. The summed E-state index contributed by atoms with van der Waals surface area (Å²) in [4.78, 5) is 38.1. The molecule has 2 atom stereocenters. The van der Waals surface area contributed by atoms with Gasteiger partial charge in [0, 0.05) is 5.69 Å². The first kappa shape index (κ1) is 25.7. The first-order chi connectivity index (χ1) is 15.1. The van der Waals surface area contributed by atoms with E-state index in [4.69, 9.17) is 16.3 Å². The van der Waals surface area contributed by atoms with Gasteiger partial charge in [0.25, 0.3) is 11.8 Å². The van der Waals surface area contributed by atoms with E-state index in [9.17, 15) is 14.4 Å². The number of esters is 1. The summed E-state index contributed by atoms with van der Waals surface area (Å²) in [6.07, 6.45) is 1.23. The van der Waals surface area contributed by atoms with Gasteiger partial charge in [-0.3, -0.25) is 9.59 Å². The van der Waals surface area contributed by atoms with Gasteiger partial charge in [-0.2, -0.15) is 11.8 Å². The molecule has 2 amide bonds. The second kappa shape index (κ2) is 11.9. The van der Waals surface area contributed by atoms with E-state index in [1.165, 1.54) is 6.92 Å². The fourth-order valence-electron chi connectivity index (χ4n) is 3.28. The number of carbonyl (C=O) groups is 3. The molecular weight excluding hydrogens is 448 g/mol. The third kappa shape index (κ3) is 7.00. The number of rotatable bonds is 9. The average molecular weight is 477 g/mol. The quantitative estimate of drug-likeness (QED) is 0.513. The summed E-state index contributed by atoms with van der Waals surface area (Å²) in [6, 6.07) is 9.64. The zero-order chi connectivity index (χ0) is 23.8. The minimum Gasteiger partial charge on any atom is -0.451 e. The molecule has 2 N–H and O–H groups in total. The predicted octanol–water partition coefficient (Wildman–Crippen LogP) is 4.69. The number of nitrogens with one attached hydrogen (secondary N) is 2. The largest absolute Gasteiger partial charge is 0.451 e. The maximum absolute atomic E-state index is 12.8. The van der Waals surface area contributed by atoms with Gasteiger partial charge in [-0.1, -0.05) is 41.4 Å². The van der Waals surface area contributed by atoms with E-state index < -0.39 is 29.9 Å². The van der Waals surface area contributed by atoms with Crippen LogP contribution in [-0.4, -0.2) is 41.9 Å². The highest BCUT2D eigenvalue weighted by atomic mass is 35.5. The van der Waals surface area contributed by atoms with Gasteiger partial charge in [0.2, 0.25) is 0 Å². The Morgan fingerprint density at radius 3 is 2.31 bits per heavy atom. The monoisotopic (exact) mass is 476 g/mol. The van der Waals surface area contributed by atoms with Crippen LogP contribution in [0.25, 0.3) is 0 Å². The van der Waals surface area contributed by atoms with Crippen LogP contribution in [0, 0.1) is 20.8 Å². The summed E-state index contributed by atoms with van der Waals surface area (Å²) in [5.74, 6) is -0.944. The van der Waals surface area contributed by atoms with Crippen molar-refractivity contribution in [1.29, 1.82) is 0 Å². The summed E-state index contributed by atoms with van der Waals surface area (Å²) in [5, 5.41) is 5.82. The molecule has 32 heavy (non-hydrogen) atoms. The zero-order valence-electron chi connectivity index (χ0n) is 19.0. The number of aryl methyl sites for hydroxylation is 3. The van der Waals surface area contributed by atoms with E-state index in [2.05, 4.69) is 10.6 Å². The molecule has 2 unspecified atom stereocenters. The Morgan fingerprint density at radius 1 is 1.09 bits per heavy atom. The standard InChI is InChI=1S/C24H29ClN2O4S/c1-14-12-15(2)21(16(3)13-14)27-22(28)17(4)31-24(30)20(10-11-32-5)26-23(29)18-8-6-7-9-19(18)25/h6-9,12-13,17,20H,10-11H2,1-5H3,(H,26,29)(H,27,28). The van der Waals surface area contributed by atoms with Gasteiger partial charge in [0.05, 0.1) is 10.6 Å². The molecule has 0 fully saturated rings. The first-order valence-electron chi connectivity index (χ1n) is 10.3. The van der Waals surface area contributed by atoms with Gasteiger partial charge in [0.1, 0.15) is 6.04 Å². The minimum absolute atomic E-state index is 0.271. The Morgan fingerprint density at radius 2 is 1.72 bits per heavy atom. The van der Waals surface area contributed by atoms with Gasteiger partial charge in [-0.05, 0) is 69.4 Å². The minimum atomic E-state index is -1.03. The maximum Gasteiger partial charge on any atom is 0.329 e. The van der Waals surface area contributed by atoms with Crippen LogP contribution < -0.4 is 10.6 Å². The fourth-order valence-corrected chi connectivity index (χ4v) is 3.97. The molecule has 2 aromatic carbocycles. The van der Waals surface area contributed by atoms with Crippen molar-refractivity contribution in [1.82, 2.24) is 5.32 Å². The molecule has 0 saturated heterocycles. The summed E-state index contributed by atoms with van der Waals surface area (Å²) in [7, 11) is 0. The number of benzene rings is 2. The summed E-state index contributed by atoms with van der Waals surface area (Å²) < 4.78 is 5.41. The van der Waals surface area contributed by atoms with E-state index in [0.717, 1.165) is 16.7 Å². The van der Waals surface area contributed by atoms with Crippen molar-refractivity contribution < 1.29 is 19.1 Å². The molecule has 6 nitrogen and oxygen atoms in total. The van der Waals surface area contributed by atoms with Crippen LogP contribution in [0.2, 0.25) is 5.02 Å².